The molecule has 0 unspecified atom stereocenters. The van der Waals surface area contributed by atoms with Crippen LogP contribution >= 0.6 is 0 Å². The quantitative estimate of drug-likeness (QED) is 0.566. The first-order chi connectivity index (χ1) is 4.72. The van der Waals surface area contributed by atoms with Crippen LogP contribution in [0.4, 0.5) is 0 Å². The zero-order chi connectivity index (χ0) is 7.98. The first-order valence-corrected chi connectivity index (χ1v) is 3.26. The molecule has 4 nitrogen and oxygen atoms in total. The largest absolute Gasteiger partial charge is 0.479 e. The number of ether oxygens (including phenoxy) is 1. The van der Waals surface area contributed by atoms with Gasteiger partial charge in [0.15, 0.2) is 6.10 Å². The van der Waals surface area contributed by atoms with Crippen LogP contribution in [0.1, 0.15) is 13.3 Å². The van der Waals surface area contributed by atoms with Crippen LogP contribution in [0.3, 0.4) is 0 Å². The van der Waals surface area contributed by atoms with Crippen molar-refractivity contribution in [3.63, 3.8) is 0 Å². The minimum atomic E-state index is -0.938. The van der Waals surface area contributed by atoms with Gasteiger partial charge in [-0.1, -0.05) is 0 Å². The van der Waals surface area contributed by atoms with E-state index in [1.807, 2.05) is 0 Å². The lowest BCUT2D eigenvalue weighted by Crippen LogP contribution is -2.26. The summed E-state index contributed by atoms with van der Waals surface area (Å²) in [6.45, 7) is 2.51. The predicted molar refractivity (Wildman–Crippen MR) is 36.7 cm³/mol. The lowest BCUT2D eigenvalue weighted by atomic mass is 10.2. The number of rotatable bonds is 5. The molecule has 1 atom stereocenters. The van der Waals surface area contributed by atoms with E-state index >= 15 is 0 Å². The Morgan fingerprint density at radius 3 is 2.70 bits per heavy atom. The van der Waals surface area contributed by atoms with E-state index in [4.69, 9.17) is 15.6 Å². The smallest absolute Gasteiger partial charge is 0.332 e. The second-order valence-electron chi connectivity index (χ2n) is 1.86. The van der Waals surface area contributed by atoms with Crippen molar-refractivity contribution in [1.82, 2.24) is 0 Å². The number of carboxylic acid groups (broad SMARTS) is 1. The van der Waals surface area contributed by atoms with Crippen molar-refractivity contribution in [2.45, 2.75) is 19.4 Å². The third-order valence-electron chi connectivity index (χ3n) is 1.07. The summed E-state index contributed by atoms with van der Waals surface area (Å²) in [6, 6.07) is 0. The van der Waals surface area contributed by atoms with Gasteiger partial charge in [0.2, 0.25) is 0 Å². The first-order valence-electron chi connectivity index (χ1n) is 3.26. The molecule has 3 N–H and O–H groups in total. The molecule has 0 bridgehead atoms. The van der Waals surface area contributed by atoms with Gasteiger partial charge in [-0.05, 0) is 19.9 Å². The minimum absolute atomic E-state index is 0.344. The molecule has 10 heavy (non-hydrogen) atoms. The fourth-order valence-corrected chi connectivity index (χ4v) is 0.631. The van der Waals surface area contributed by atoms with E-state index in [1.165, 1.54) is 0 Å². The molecule has 4 heteroatoms. The monoisotopic (exact) mass is 147 g/mol. The number of aliphatic carboxylic acids is 1. The van der Waals surface area contributed by atoms with Crippen LogP contribution in [0.2, 0.25) is 0 Å². The van der Waals surface area contributed by atoms with Crippen LogP contribution in [-0.2, 0) is 9.53 Å². The fraction of sp³-hybridized carbons (Fsp3) is 0.833. The SMILES string of the molecule is CCO[C@@H](CCN)C(=O)O. The van der Waals surface area contributed by atoms with Crippen LogP contribution in [-0.4, -0.2) is 30.3 Å². The van der Waals surface area contributed by atoms with Gasteiger partial charge >= 0.3 is 5.97 Å². The van der Waals surface area contributed by atoms with E-state index in [-0.39, 0.29) is 0 Å². The highest BCUT2D eigenvalue weighted by Crippen LogP contribution is 1.96. The van der Waals surface area contributed by atoms with Gasteiger partial charge in [0.25, 0.3) is 0 Å². The van der Waals surface area contributed by atoms with Crippen molar-refractivity contribution in [3.05, 3.63) is 0 Å². The van der Waals surface area contributed by atoms with Crippen LogP contribution < -0.4 is 5.73 Å². The van der Waals surface area contributed by atoms with Gasteiger partial charge < -0.3 is 15.6 Å². The van der Waals surface area contributed by atoms with Crippen LogP contribution in [0.5, 0.6) is 0 Å². The Balaban J connectivity index is 3.61. The zero-order valence-corrected chi connectivity index (χ0v) is 6.04. The number of carbonyl (C=O) groups is 1. The normalized spacial score (nSPS) is 13.0. The van der Waals surface area contributed by atoms with Crippen molar-refractivity contribution >= 4 is 5.97 Å². The lowest BCUT2D eigenvalue weighted by Gasteiger charge is -2.09. The first kappa shape index (κ1) is 9.39. The molecule has 0 heterocycles. The molecule has 0 radical (unpaired) electrons. The Bertz CT molecular complexity index is 99.2. The second-order valence-corrected chi connectivity index (χ2v) is 1.86. The maximum atomic E-state index is 10.3. The molecule has 0 spiro atoms. The number of hydrogen-bond donors (Lipinski definition) is 2. The molecule has 0 aliphatic carbocycles. The summed E-state index contributed by atoms with van der Waals surface area (Å²) >= 11 is 0. The highest BCUT2D eigenvalue weighted by Gasteiger charge is 2.15. The third kappa shape index (κ3) is 3.42. The Hall–Kier alpha value is -0.610. The molecule has 0 saturated heterocycles. The van der Waals surface area contributed by atoms with Gasteiger partial charge in [-0.15, -0.1) is 0 Å². The molecule has 0 aliphatic heterocycles. The van der Waals surface area contributed by atoms with E-state index in [0.717, 1.165) is 0 Å². The molecule has 0 aliphatic rings. The molecule has 60 valence electrons. The molecule has 0 saturated carbocycles. The summed E-state index contributed by atoms with van der Waals surface area (Å²) in [7, 11) is 0. The molecule has 0 rings (SSSR count). The van der Waals surface area contributed by atoms with E-state index < -0.39 is 12.1 Å². The Morgan fingerprint density at radius 1 is 1.80 bits per heavy atom. The van der Waals surface area contributed by atoms with Crippen molar-refractivity contribution in [3.8, 4) is 0 Å². The Labute approximate surface area is 60.0 Å². The molecule has 0 aromatic carbocycles. The van der Waals surface area contributed by atoms with Gasteiger partial charge in [-0.25, -0.2) is 4.79 Å². The molecule has 0 amide bonds. The Kier molecular flexibility index (Phi) is 4.88. The Morgan fingerprint density at radius 2 is 2.40 bits per heavy atom. The van der Waals surface area contributed by atoms with E-state index in [1.54, 1.807) is 6.92 Å². The van der Waals surface area contributed by atoms with E-state index in [9.17, 15) is 4.79 Å². The van der Waals surface area contributed by atoms with Crippen LogP contribution in [0.25, 0.3) is 0 Å². The number of carboxylic acids is 1. The standard InChI is InChI=1S/C6H13NO3/c1-2-10-5(3-4-7)6(8)9/h5H,2-4,7H2,1H3,(H,8,9)/t5-/m0/s1. The topological polar surface area (TPSA) is 72.5 Å². The van der Waals surface area contributed by atoms with E-state index in [2.05, 4.69) is 0 Å². The minimum Gasteiger partial charge on any atom is -0.479 e. The fourth-order valence-electron chi connectivity index (χ4n) is 0.631. The van der Waals surface area contributed by atoms with Gasteiger partial charge in [0.05, 0.1) is 0 Å². The second kappa shape index (κ2) is 5.20. The summed E-state index contributed by atoms with van der Waals surface area (Å²) in [4.78, 5) is 10.3. The van der Waals surface area contributed by atoms with Gasteiger partial charge in [-0.3, -0.25) is 0 Å². The van der Waals surface area contributed by atoms with Crippen molar-refractivity contribution in [2.24, 2.45) is 5.73 Å². The van der Waals surface area contributed by atoms with Gasteiger partial charge in [-0.2, -0.15) is 0 Å². The summed E-state index contributed by atoms with van der Waals surface area (Å²) < 4.78 is 4.86. The van der Waals surface area contributed by atoms with Gasteiger partial charge in [0, 0.05) is 6.61 Å². The zero-order valence-electron chi connectivity index (χ0n) is 6.04. The molecule has 0 aromatic rings. The molecular formula is C6H13NO3. The molecule has 0 aromatic heterocycles. The summed E-state index contributed by atoms with van der Waals surface area (Å²) in [6.07, 6.45) is -0.349. The molecule has 0 fully saturated rings. The van der Waals surface area contributed by atoms with Crippen LogP contribution in [0.15, 0.2) is 0 Å². The van der Waals surface area contributed by atoms with E-state index in [0.29, 0.717) is 19.6 Å². The highest BCUT2D eigenvalue weighted by molar-refractivity contribution is 5.72. The summed E-state index contributed by atoms with van der Waals surface area (Å²) in [5, 5.41) is 8.45. The third-order valence-corrected chi connectivity index (χ3v) is 1.07. The molecular weight excluding hydrogens is 134 g/mol. The van der Waals surface area contributed by atoms with Gasteiger partial charge in [0.1, 0.15) is 0 Å². The van der Waals surface area contributed by atoms with Crippen LogP contribution in [0, 0.1) is 0 Å². The summed E-state index contributed by atoms with van der Waals surface area (Å²) in [5.41, 5.74) is 5.15. The predicted octanol–water partition coefficient (Wildman–Crippen LogP) is -0.175. The van der Waals surface area contributed by atoms with Crippen molar-refractivity contribution in [1.29, 1.82) is 0 Å². The number of hydrogen-bond acceptors (Lipinski definition) is 3. The maximum absolute atomic E-state index is 10.3. The number of nitrogens with two attached hydrogens (primary N) is 1. The van der Waals surface area contributed by atoms with Crippen molar-refractivity contribution in [2.75, 3.05) is 13.2 Å². The average molecular weight is 147 g/mol. The summed E-state index contributed by atoms with van der Waals surface area (Å²) in [5.74, 6) is -0.938. The maximum Gasteiger partial charge on any atom is 0.332 e. The van der Waals surface area contributed by atoms with Crippen molar-refractivity contribution < 1.29 is 14.6 Å². The highest BCUT2D eigenvalue weighted by atomic mass is 16.5. The lowest BCUT2D eigenvalue weighted by molar-refractivity contribution is -0.150. The average Bonchev–Trinajstić information content (AvgIpc) is 1.87.